The van der Waals surface area contributed by atoms with Gasteiger partial charge in [0.25, 0.3) is 0 Å². The molecule has 0 saturated heterocycles. The van der Waals surface area contributed by atoms with E-state index in [-0.39, 0.29) is 0 Å². The summed E-state index contributed by atoms with van der Waals surface area (Å²) < 4.78 is 0. The van der Waals surface area contributed by atoms with Gasteiger partial charge in [-0.25, -0.2) is 0 Å². The van der Waals surface area contributed by atoms with E-state index in [1.807, 2.05) is 18.2 Å². The van der Waals surface area contributed by atoms with Crippen LogP contribution in [0.15, 0.2) is 36.7 Å². The zero-order valence-electron chi connectivity index (χ0n) is 8.64. The van der Waals surface area contributed by atoms with E-state index in [0.717, 1.165) is 5.56 Å². The first-order valence-electron chi connectivity index (χ1n) is 4.98. The number of nitrogens with zero attached hydrogens (tertiary/aromatic N) is 1. The number of nitrogens with one attached hydrogen (secondary N) is 1. The van der Waals surface area contributed by atoms with Crippen LogP contribution in [0, 0.1) is 6.92 Å². The van der Waals surface area contributed by atoms with Crippen molar-refractivity contribution in [3.8, 4) is 0 Å². The van der Waals surface area contributed by atoms with Gasteiger partial charge in [0.1, 0.15) is 0 Å². The van der Waals surface area contributed by atoms with Crippen LogP contribution in [0.2, 0.25) is 0 Å². The maximum Gasteiger partial charge on any atom is 0.0860 e. The summed E-state index contributed by atoms with van der Waals surface area (Å²) in [5.74, 6) is 0. The second-order valence-corrected chi connectivity index (χ2v) is 3.68. The standard InChI is InChI=1S/C12H14N2O/c1-9-4-2-3-5-10(9)6-12(15)11-7-13-14-8-11/h2-5,7-8,12,15H,6H2,1H3,(H,13,14). The maximum absolute atomic E-state index is 9.93. The van der Waals surface area contributed by atoms with Crippen LogP contribution in [0.5, 0.6) is 0 Å². The normalized spacial score (nSPS) is 12.7. The van der Waals surface area contributed by atoms with Crippen LogP contribution in [-0.2, 0) is 6.42 Å². The van der Waals surface area contributed by atoms with Crippen molar-refractivity contribution in [1.82, 2.24) is 10.2 Å². The van der Waals surface area contributed by atoms with E-state index >= 15 is 0 Å². The number of aromatic nitrogens is 2. The minimum absolute atomic E-state index is 0.482. The van der Waals surface area contributed by atoms with Crippen LogP contribution in [0.4, 0.5) is 0 Å². The summed E-state index contributed by atoms with van der Waals surface area (Å²) >= 11 is 0. The molecule has 78 valence electrons. The van der Waals surface area contributed by atoms with Crippen LogP contribution < -0.4 is 0 Å². The summed E-state index contributed by atoms with van der Waals surface area (Å²) in [4.78, 5) is 0. The Balaban J connectivity index is 2.13. The smallest absolute Gasteiger partial charge is 0.0860 e. The fraction of sp³-hybridized carbons (Fsp3) is 0.250. The second kappa shape index (κ2) is 4.28. The molecule has 0 spiro atoms. The van der Waals surface area contributed by atoms with Crippen molar-refractivity contribution in [2.45, 2.75) is 19.4 Å². The molecule has 15 heavy (non-hydrogen) atoms. The van der Waals surface area contributed by atoms with Crippen molar-refractivity contribution < 1.29 is 5.11 Å². The number of H-pyrrole nitrogens is 1. The van der Waals surface area contributed by atoms with Gasteiger partial charge in [-0.2, -0.15) is 5.10 Å². The highest BCUT2D eigenvalue weighted by molar-refractivity contribution is 5.27. The van der Waals surface area contributed by atoms with Gasteiger partial charge in [-0.05, 0) is 18.1 Å². The van der Waals surface area contributed by atoms with E-state index in [9.17, 15) is 5.11 Å². The van der Waals surface area contributed by atoms with E-state index < -0.39 is 6.10 Å². The van der Waals surface area contributed by atoms with Crippen molar-refractivity contribution >= 4 is 0 Å². The number of benzene rings is 1. The van der Waals surface area contributed by atoms with E-state index in [2.05, 4.69) is 23.2 Å². The molecule has 2 aromatic rings. The number of rotatable bonds is 3. The molecule has 0 fully saturated rings. The first-order chi connectivity index (χ1) is 7.27. The molecule has 0 amide bonds. The molecule has 3 heteroatoms. The van der Waals surface area contributed by atoms with Crippen molar-refractivity contribution in [2.24, 2.45) is 0 Å². The highest BCUT2D eigenvalue weighted by Crippen LogP contribution is 2.18. The maximum atomic E-state index is 9.93. The highest BCUT2D eigenvalue weighted by Gasteiger charge is 2.10. The lowest BCUT2D eigenvalue weighted by Crippen LogP contribution is -2.01. The third kappa shape index (κ3) is 2.25. The van der Waals surface area contributed by atoms with Gasteiger partial charge in [0.05, 0.1) is 12.3 Å². The average molecular weight is 202 g/mol. The molecule has 1 atom stereocenters. The van der Waals surface area contributed by atoms with E-state index in [4.69, 9.17) is 0 Å². The van der Waals surface area contributed by atoms with Gasteiger partial charge in [-0.3, -0.25) is 5.10 Å². The van der Waals surface area contributed by atoms with Gasteiger partial charge in [0.2, 0.25) is 0 Å². The molecule has 0 aliphatic carbocycles. The highest BCUT2D eigenvalue weighted by atomic mass is 16.3. The number of hydrogen-bond donors (Lipinski definition) is 2. The van der Waals surface area contributed by atoms with Gasteiger partial charge >= 0.3 is 0 Å². The van der Waals surface area contributed by atoms with Crippen LogP contribution in [0.25, 0.3) is 0 Å². The predicted molar refractivity (Wildman–Crippen MR) is 58.4 cm³/mol. The number of aromatic amines is 1. The van der Waals surface area contributed by atoms with Crippen LogP contribution in [-0.4, -0.2) is 15.3 Å². The SMILES string of the molecule is Cc1ccccc1CC(O)c1cn[nH]c1. The molecule has 1 heterocycles. The molecule has 1 aromatic carbocycles. The summed E-state index contributed by atoms with van der Waals surface area (Å²) in [7, 11) is 0. The molecular weight excluding hydrogens is 188 g/mol. The first-order valence-corrected chi connectivity index (χ1v) is 4.98. The lowest BCUT2D eigenvalue weighted by atomic mass is 10.0. The van der Waals surface area contributed by atoms with Gasteiger partial charge in [-0.1, -0.05) is 24.3 Å². The Kier molecular flexibility index (Phi) is 2.83. The van der Waals surface area contributed by atoms with E-state index in [1.54, 1.807) is 12.4 Å². The van der Waals surface area contributed by atoms with Crippen LogP contribution in [0.1, 0.15) is 22.8 Å². The first kappa shape index (κ1) is 9.93. The summed E-state index contributed by atoms with van der Waals surface area (Å²) in [6.45, 7) is 2.05. The molecule has 0 radical (unpaired) electrons. The summed E-state index contributed by atoms with van der Waals surface area (Å²) in [6, 6.07) is 8.09. The van der Waals surface area contributed by atoms with Gasteiger partial charge in [-0.15, -0.1) is 0 Å². The van der Waals surface area contributed by atoms with Crippen LogP contribution in [0.3, 0.4) is 0 Å². The third-order valence-corrected chi connectivity index (χ3v) is 2.58. The predicted octanol–water partition coefficient (Wildman–Crippen LogP) is 1.99. The average Bonchev–Trinajstić information content (AvgIpc) is 2.74. The Bertz CT molecular complexity index is 423. The number of aryl methyl sites for hydroxylation is 1. The van der Waals surface area contributed by atoms with Gasteiger partial charge in [0.15, 0.2) is 0 Å². The number of hydrogen-bond acceptors (Lipinski definition) is 2. The summed E-state index contributed by atoms with van der Waals surface area (Å²) in [5.41, 5.74) is 3.21. The van der Waals surface area contributed by atoms with Crippen molar-refractivity contribution in [3.63, 3.8) is 0 Å². The summed E-state index contributed by atoms with van der Waals surface area (Å²) in [5, 5.41) is 16.5. The molecule has 3 nitrogen and oxygen atoms in total. The molecule has 0 aliphatic rings. The van der Waals surface area contributed by atoms with Gasteiger partial charge < -0.3 is 5.11 Å². The fourth-order valence-corrected chi connectivity index (χ4v) is 1.61. The second-order valence-electron chi connectivity index (χ2n) is 3.68. The molecule has 2 N–H and O–H groups in total. The number of aliphatic hydroxyl groups is 1. The zero-order chi connectivity index (χ0) is 10.7. The van der Waals surface area contributed by atoms with E-state index in [0.29, 0.717) is 6.42 Å². The molecule has 1 aromatic heterocycles. The molecule has 1 unspecified atom stereocenters. The van der Waals surface area contributed by atoms with E-state index in [1.165, 1.54) is 11.1 Å². The van der Waals surface area contributed by atoms with Crippen molar-refractivity contribution in [1.29, 1.82) is 0 Å². The minimum Gasteiger partial charge on any atom is -0.388 e. The largest absolute Gasteiger partial charge is 0.388 e. The Morgan fingerprint density at radius 2 is 2.20 bits per heavy atom. The Labute approximate surface area is 88.8 Å². The zero-order valence-corrected chi connectivity index (χ0v) is 8.64. The van der Waals surface area contributed by atoms with Crippen LogP contribution >= 0.6 is 0 Å². The summed E-state index contributed by atoms with van der Waals surface area (Å²) in [6.07, 6.45) is 3.53. The minimum atomic E-state index is -0.482. The fourth-order valence-electron chi connectivity index (χ4n) is 1.61. The van der Waals surface area contributed by atoms with Crippen molar-refractivity contribution in [3.05, 3.63) is 53.3 Å². The van der Waals surface area contributed by atoms with Gasteiger partial charge in [0, 0.05) is 18.2 Å². The third-order valence-electron chi connectivity index (χ3n) is 2.58. The lowest BCUT2D eigenvalue weighted by molar-refractivity contribution is 0.178. The molecule has 0 bridgehead atoms. The molecule has 2 rings (SSSR count). The quantitative estimate of drug-likeness (QED) is 0.799. The number of aliphatic hydroxyl groups excluding tert-OH is 1. The molecule has 0 saturated carbocycles. The molecular formula is C12H14N2O. The lowest BCUT2D eigenvalue weighted by Gasteiger charge is -2.10. The topological polar surface area (TPSA) is 48.9 Å². The Hall–Kier alpha value is -1.61. The Morgan fingerprint density at radius 3 is 2.87 bits per heavy atom. The van der Waals surface area contributed by atoms with Crippen molar-refractivity contribution in [2.75, 3.05) is 0 Å². The monoisotopic (exact) mass is 202 g/mol. The molecule has 0 aliphatic heterocycles. The Morgan fingerprint density at radius 1 is 1.40 bits per heavy atom.